The van der Waals surface area contributed by atoms with Gasteiger partial charge in [-0.25, -0.2) is 0 Å². The van der Waals surface area contributed by atoms with Crippen LogP contribution in [0.4, 0.5) is 5.69 Å². The molecule has 1 aliphatic rings. The summed E-state index contributed by atoms with van der Waals surface area (Å²) in [6, 6.07) is 15.2. The lowest BCUT2D eigenvalue weighted by Gasteiger charge is -2.19. The van der Waals surface area contributed by atoms with Gasteiger partial charge in [0.1, 0.15) is 0 Å². The quantitative estimate of drug-likeness (QED) is 0.803. The van der Waals surface area contributed by atoms with Crippen LogP contribution >= 0.6 is 0 Å². The van der Waals surface area contributed by atoms with Crippen LogP contribution in [0.1, 0.15) is 35.2 Å². The molecule has 2 amide bonds. The van der Waals surface area contributed by atoms with Crippen LogP contribution in [0, 0.1) is 5.92 Å². The Hall–Kier alpha value is -2.95. The van der Waals surface area contributed by atoms with Crippen molar-refractivity contribution in [2.24, 2.45) is 5.92 Å². The summed E-state index contributed by atoms with van der Waals surface area (Å²) >= 11 is 0. The molecular weight excluding hydrogens is 306 g/mol. The van der Waals surface area contributed by atoms with Gasteiger partial charge in [-0.1, -0.05) is 49.4 Å². The molecule has 0 radical (unpaired) electrons. The van der Waals surface area contributed by atoms with Gasteiger partial charge in [0.2, 0.25) is 11.8 Å². The molecular formula is C19H16NO4-. The van der Waals surface area contributed by atoms with E-state index >= 15 is 0 Å². The molecule has 0 unspecified atom stereocenters. The summed E-state index contributed by atoms with van der Waals surface area (Å²) in [5.74, 6) is -2.31. The van der Waals surface area contributed by atoms with Crippen LogP contribution in [-0.2, 0) is 9.59 Å². The van der Waals surface area contributed by atoms with E-state index in [9.17, 15) is 19.5 Å². The summed E-state index contributed by atoms with van der Waals surface area (Å²) in [6.45, 7) is 1.94. The summed E-state index contributed by atoms with van der Waals surface area (Å²) in [6.07, 6.45) is 0.150. The fourth-order valence-corrected chi connectivity index (χ4v) is 3.05. The number of rotatable bonds is 4. The van der Waals surface area contributed by atoms with E-state index in [0.29, 0.717) is 5.69 Å². The van der Waals surface area contributed by atoms with Gasteiger partial charge in [0.25, 0.3) is 0 Å². The van der Waals surface area contributed by atoms with Gasteiger partial charge in [-0.2, -0.15) is 0 Å². The molecule has 2 aromatic carbocycles. The van der Waals surface area contributed by atoms with Gasteiger partial charge in [0.05, 0.1) is 17.6 Å². The van der Waals surface area contributed by atoms with Crippen molar-refractivity contribution in [2.45, 2.75) is 19.3 Å². The molecule has 2 atom stereocenters. The highest BCUT2D eigenvalue weighted by atomic mass is 16.4. The Labute approximate surface area is 139 Å². The van der Waals surface area contributed by atoms with Gasteiger partial charge in [-0.15, -0.1) is 0 Å². The number of carbonyl (C=O) groups is 3. The zero-order chi connectivity index (χ0) is 17.3. The van der Waals surface area contributed by atoms with E-state index in [-0.39, 0.29) is 29.7 Å². The van der Waals surface area contributed by atoms with Crippen molar-refractivity contribution in [1.29, 1.82) is 0 Å². The molecule has 3 rings (SSSR count). The maximum Gasteiger partial charge on any atom is 0.237 e. The standard InChI is InChI=1S/C19H17NO4/c1-12(13-5-3-2-4-6-13)16-11-17(21)20(18(16)22)15-9-7-14(8-10-15)19(23)24/h2-10,12,16H,11H2,1H3,(H,23,24)/p-1/t12-,16-/m0/s1. The van der Waals surface area contributed by atoms with Crippen LogP contribution in [0.25, 0.3) is 0 Å². The number of hydrogen-bond donors (Lipinski definition) is 0. The molecule has 5 nitrogen and oxygen atoms in total. The Kier molecular flexibility index (Phi) is 4.16. The molecule has 1 heterocycles. The zero-order valence-corrected chi connectivity index (χ0v) is 13.1. The molecule has 2 aromatic rings. The van der Waals surface area contributed by atoms with E-state index in [0.717, 1.165) is 10.5 Å². The first-order valence-electron chi connectivity index (χ1n) is 7.72. The van der Waals surface area contributed by atoms with Gasteiger partial charge in [-0.3, -0.25) is 14.5 Å². The molecule has 0 N–H and O–H groups in total. The van der Waals surface area contributed by atoms with Crippen molar-refractivity contribution in [2.75, 3.05) is 4.90 Å². The molecule has 5 heteroatoms. The fraction of sp³-hybridized carbons (Fsp3) is 0.211. The minimum absolute atomic E-state index is 0.00653. The summed E-state index contributed by atoms with van der Waals surface area (Å²) in [7, 11) is 0. The molecule has 0 aliphatic carbocycles. The number of imide groups is 1. The summed E-state index contributed by atoms with van der Waals surface area (Å²) in [5.41, 5.74) is 1.41. The molecule has 122 valence electrons. The highest BCUT2D eigenvalue weighted by Crippen LogP contribution is 2.35. The molecule has 0 saturated carbocycles. The average Bonchev–Trinajstić information content (AvgIpc) is 2.89. The molecule has 0 bridgehead atoms. The molecule has 1 saturated heterocycles. The minimum atomic E-state index is -1.30. The van der Waals surface area contributed by atoms with Crippen molar-refractivity contribution in [3.05, 3.63) is 65.7 Å². The third-order valence-corrected chi connectivity index (χ3v) is 4.47. The lowest BCUT2D eigenvalue weighted by Crippen LogP contribution is -2.31. The predicted octanol–water partition coefficient (Wildman–Crippen LogP) is 1.73. The molecule has 24 heavy (non-hydrogen) atoms. The normalized spacial score (nSPS) is 18.7. The van der Waals surface area contributed by atoms with Crippen molar-refractivity contribution in [3.8, 4) is 0 Å². The Morgan fingerprint density at radius 2 is 1.71 bits per heavy atom. The zero-order valence-electron chi connectivity index (χ0n) is 13.1. The van der Waals surface area contributed by atoms with Crippen LogP contribution in [0.2, 0.25) is 0 Å². The largest absolute Gasteiger partial charge is 0.545 e. The van der Waals surface area contributed by atoms with Crippen molar-refractivity contribution < 1.29 is 19.5 Å². The van der Waals surface area contributed by atoms with Gasteiger partial charge < -0.3 is 9.90 Å². The number of nitrogens with zero attached hydrogens (tertiary/aromatic N) is 1. The topological polar surface area (TPSA) is 77.5 Å². The number of carboxylic acid groups (broad SMARTS) is 1. The van der Waals surface area contributed by atoms with E-state index in [1.807, 2.05) is 37.3 Å². The van der Waals surface area contributed by atoms with Crippen molar-refractivity contribution in [1.82, 2.24) is 0 Å². The van der Waals surface area contributed by atoms with Gasteiger partial charge in [0.15, 0.2) is 0 Å². The van der Waals surface area contributed by atoms with Crippen LogP contribution in [-0.4, -0.2) is 17.8 Å². The second kappa shape index (κ2) is 6.28. The van der Waals surface area contributed by atoms with E-state index in [1.165, 1.54) is 24.3 Å². The SMILES string of the molecule is C[C@@H](c1ccccc1)[C@@H]1CC(=O)N(c2ccc(C(=O)[O-])cc2)C1=O. The first-order valence-corrected chi connectivity index (χ1v) is 7.72. The fourth-order valence-electron chi connectivity index (χ4n) is 3.05. The monoisotopic (exact) mass is 322 g/mol. The minimum Gasteiger partial charge on any atom is -0.545 e. The van der Waals surface area contributed by atoms with Gasteiger partial charge >= 0.3 is 0 Å². The third kappa shape index (κ3) is 2.80. The summed E-state index contributed by atoms with van der Waals surface area (Å²) in [4.78, 5) is 37.0. The first kappa shape index (κ1) is 15.9. The van der Waals surface area contributed by atoms with Crippen molar-refractivity contribution in [3.63, 3.8) is 0 Å². The number of carbonyl (C=O) groups excluding carboxylic acids is 3. The number of benzene rings is 2. The maximum absolute atomic E-state index is 12.7. The molecule has 0 aromatic heterocycles. The third-order valence-electron chi connectivity index (χ3n) is 4.47. The van der Waals surface area contributed by atoms with Crippen LogP contribution in [0.15, 0.2) is 54.6 Å². The Balaban J connectivity index is 1.85. The van der Waals surface area contributed by atoms with E-state index < -0.39 is 11.9 Å². The first-order chi connectivity index (χ1) is 11.5. The number of anilines is 1. The van der Waals surface area contributed by atoms with Crippen LogP contribution in [0.5, 0.6) is 0 Å². The molecule has 1 fully saturated rings. The van der Waals surface area contributed by atoms with Gasteiger partial charge in [-0.05, 0) is 29.2 Å². The van der Waals surface area contributed by atoms with Crippen molar-refractivity contribution >= 4 is 23.5 Å². The summed E-state index contributed by atoms with van der Waals surface area (Å²) in [5, 5.41) is 10.8. The lowest BCUT2D eigenvalue weighted by atomic mass is 9.86. The highest BCUT2D eigenvalue weighted by molar-refractivity contribution is 6.21. The second-order valence-electron chi connectivity index (χ2n) is 5.91. The maximum atomic E-state index is 12.7. The van der Waals surface area contributed by atoms with Crippen LogP contribution < -0.4 is 10.0 Å². The summed E-state index contributed by atoms with van der Waals surface area (Å²) < 4.78 is 0. The molecule has 1 aliphatic heterocycles. The van der Waals surface area contributed by atoms with Gasteiger partial charge in [0, 0.05) is 6.42 Å². The van der Waals surface area contributed by atoms with Crippen LogP contribution in [0.3, 0.4) is 0 Å². The lowest BCUT2D eigenvalue weighted by molar-refractivity contribution is -0.255. The number of aromatic carboxylic acids is 1. The molecule has 0 spiro atoms. The Morgan fingerprint density at radius 3 is 2.29 bits per heavy atom. The second-order valence-corrected chi connectivity index (χ2v) is 5.91. The number of amides is 2. The smallest absolute Gasteiger partial charge is 0.237 e. The van der Waals surface area contributed by atoms with E-state index in [2.05, 4.69) is 0 Å². The van der Waals surface area contributed by atoms with E-state index in [1.54, 1.807) is 0 Å². The number of hydrogen-bond acceptors (Lipinski definition) is 4. The number of carboxylic acids is 1. The predicted molar refractivity (Wildman–Crippen MR) is 86.2 cm³/mol. The highest BCUT2D eigenvalue weighted by Gasteiger charge is 2.42. The van der Waals surface area contributed by atoms with E-state index in [4.69, 9.17) is 0 Å². The average molecular weight is 322 g/mol. The Bertz CT molecular complexity index is 783. The Morgan fingerprint density at radius 1 is 1.08 bits per heavy atom.